The van der Waals surface area contributed by atoms with E-state index in [0.29, 0.717) is 0 Å². The third-order valence-corrected chi connectivity index (χ3v) is 4.60. The molecule has 0 bridgehead atoms. The van der Waals surface area contributed by atoms with E-state index in [-0.39, 0.29) is 11.6 Å². The van der Waals surface area contributed by atoms with Crippen LogP contribution in [-0.4, -0.2) is 4.98 Å². The van der Waals surface area contributed by atoms with E-state index in [1.165, 1.54) is 24.3 Å². The molecule has 0 N–H and O–H groups in total. The predicted molar refractivity (Wildman–Crippen MR) is 102 cm³/mol. The first kappa shape index (κ1) is 16.4. The normalized spacial score (nSPS) is 11.1. The molecule has 1 aromatic heterocycles. The number of aryl methyl sites for hydroxylation is 2. The standard InChI is InChI=1S/C23H17F2N/c1-14-3-12-20-15(2)26-23(17-6-10-19(25)11-7-17)22(21(20)13-14)16-4-8-18(24)9-5-16/h3-13H,1-2H3. The minimum atomic E-state index is -0.287. The number of pyridine rings is 1. The van der Waals surface area contributed by atoms with Gasteiger partial charge in [0, 0.05) is 22.2 Å². The van der Waals surface area contributed by atoms with Crippen LogP contribution in [0, 0.1) is 25.5 Å². The number of nitrogens with zero attached hydrogens (tertiary/aromatic N) is 1. The summed E-state index contributed by atoms with van der Waals surface area (Å²) >= 11 is 0. The van der Waals surface area contributed by atoms with Gasteiger partial charge in [-0.05, 0) is 61.2 Å². The van der Waals surface area contributed by atoms with Gasteiger partial charge in [0.05, 0.1) is 5.69 Å². The summed E-state index contributed by atoms with van der Waals surface area (Å²) in [5.41, 5.74) is 5.46. The van der Waals surface area contributed by atoms with Crippen LogP contribution in [0.3, 0.4) is 0 Å². The number of fused-ring (bicyclic) bond motifs is 1. The molecule has 0 fully saturated rings. The summed E-state index contributed by atoms with van der Waals surface area (Å²) in [4.78, 5) is 4.81. The van der Waals surface area contributed by atoms with Gasteiger partial charge in [-0.25, -0.2) is 8.78 Å². The fourth-order valence-electron chi connectivity index (χ4n) is 3.32. The average Bonchev–Trinajstić information content (AvgIpc) is 2.63. The largest absolute Gasteiger partial charge is 0.252 e. The van der Waals surface area contributed by atoms with Crippen molar-refractivity contribution in [3.05, 3.63) is 89.6 Å². The van der Waals surface area contributed by atoms with Gasteiger partial charge >= 0.3 is 0 Å². The van der Waals surface area contributed by atoms with Gasteiger partial charge in [0.2, 0.25) is 0 Å². The van der Waals surface area contributed by atoms with Crippen molar-refractivity contribution >= 4 is 10.8 Å². The number of aromatic nitrogens is 1. The van der Waals surface area contributed by atoms with E-state index in [2.05, 4.69) is 18.2 Å². The first-order valence-corrected chi connectivity index (χ1v) is 8.46. The SMILES string of the molecule is Cc1ccc2c(C)nc(-c3ccc(F)cc3)c(-c3ccc(F)cc3)c2c1. The van der Waals surface area contributed by atoms with Crippen molar-refractivity contribution in [2.45, 2.75) is 13.8 Å². The third kappa shape index (κ3) is 2.86. The second-order valence-corrected chi connectivity index (χ2v) is 6.48. The van der Waals surface area contributed by atoms with Crippen molar-refractivity contribution in [3.8, 4) is 22.4 Å². The van der Waals surface area contributed by atoms with Gasteiger partial charge in [0.25, 0.3) is 0 Å². The van der Waals surface area contributed by atoms with Gasteiger partial charge in [-0.2, -0.15) is 0 Å². The molecule has 3 heteroatoms. The van der Waals surface area contributed by atoms with Gasteiger partial charge in [-0.15, -0.1) is 0 Å². The number of hydrogen-bond acceptors (Lipinski definition) is 1. The van der Waals surface area contributed by atoms with Gasteiger partial charge in [-0.1, -0.05) is 35.9 Å². The van der Waals surface area contributed by atoms with Crippen molar-refractivity contribution in [1.82, 2.24) is 4.98 Å². The van der Waals surface area contributed by atoms with E-state index in [4.69, 9.17) is 4.98 Å². The zero-order chi connectivity index (χ0) is 18.3. The highest BCUT2D eigenvalue weighted by atomic mass is 19.1. The molecule has 4 aromatic rings. The van der Waals surface area contributed by atoms with Crippen LogP contribution in [0.5, 0.6) is 0 Å². The third-order valence-electron chi connectivity index (χ3n) is 4.60. The zero-order valence-corrected chi connectivity index (χ0v) is 14.6. The lowest BCUT2D eigenvalue weighted by atomic mass is 9.92. The van der Waals surface area contributed by atoms with Gasteiger partial charge in [0.15, 0.2) is 0 Å². The molecule has 0 aliphatic rings. The number of rotatable bonds is 2. The van der Waals surface area contributed by atoms with Crippen LogP contribution < -0.4 is 0 Å². The molecule has 1 heterocycles. The van der Waals surface area contributed by atoms with Crippen LogP contribution in [0.25, 0.3) is 33.2 Å². The molecule has 26 heavy (non-hydrogen) atoms. The fraction of sp³-hybridized carbons (Fsp3) is 0.0870. The van der Waals surface area contributed by atoms with Crippen molar-refractivity contribution in [2.24, 2.45) is 0 Å². The Morgan fingerprint density at radius 2 is 1.23 bits per heavy atom. The molecule has 3 aromatic carbocycles. The summed E-state index contributed by atoms with van der Waals surface area (Å²) in [7, 11) is 0. The average molecular weight is 345 g/mol. The maximum Gasteiger partial charge on any atom is 0.123 e. The maximum absolute atomic E-state index is 13.5. The van der Waals surface area contributed by atoms with Gasteiger partial charge < -0.3 is 0 Å². The van der Waals surface area contributed by atoms with E-state index in [9.17, 15) is 8.78 Å². The highest BCUT2D eigenvalue weighted by Gasteiger charge is 2.16. The number of hydrogen-bond donors (Lipinski definition) is 0. The molecule has 0 amide bonds. The summed E-state index contributed by atoms with van der Waals surface area (Å²) in [6.07, 6.45) is 0. The Hall–Kier alpha value is -3.07. The summed E-state index contributed by atoms with van der Waals surface area (Å²) in [6, 6.07) is 19.0. The Labute approximate surface area is 151 Å². The first-order valence-electron chi connectivity index (χ1n) is 8.46. The van der Waals surface area contributed by atoms with Crippen LogP contribution in [0.15, 0.2) is 66.7 Å². The number of benzene rings is 3. The molecular weight excluding hydrogens is 328 g/mol. The second-order valence-electron chi connectivity index (χ2n) is 6.48. The van der Waals surface area contributed by atoms with Crippen LogP contribution in [-0.2, 0) is 0 Å². The van der Waals surface area contributed by atoms with Crippen LogP contribution in [0.4, 0.5) is 8.78 Å². The highest BCUT2D eigenvalue weighted by molar-refractivity contribution is 6.03. The van der Waals surface area contributed by atoms with E-state index < -0.39 is 0 Å². The monoisotopic (exact) mass is 345 g/mol. The first-order chi connectivity index (χ1) is 12.5. The molecule has 0 aliphatic carbocycles. The van der Waals surface area contributed by atoms with Crippen molar-refractivity contribution in [2.75, 3.05) is 0 Å². The zero-order valence-electron chi connectivity index (χ0n) is 14.6. The molecule has 0 spiro atoms. The minimum absolute atomic E-state index is 0.280. The molecule has 4 rings (SSSR count). The van der Waals surface area contributed by atoms with Gasteiger partial charge in [0.1, 0.15) is 11.6 Å². The Balaban J connectivity index is 2.11. The molecule has 0 saturated heterocycles. The summed E-state index contributed by atoms with van der Waals surface area (Å²) < 4.78 is 26.8. The van der Waals surface area contributed by atoms with Crippen LogP contribution in [0.2, 0.25) is 0 Å². The van der Waals surface area contributed by atoms with E-state index in [1.54, 1.807) is 24.3 Å². The summed E-state index contributed by atoms with van der Waals surface area (Å²) in [6.45, 7) is 4.01. The van der Waals surface area contributed by atoms with E-state index >= 15 is 0 Å². The minimum Gasteiger partial charge on any atom is -0.252 e. The summed E-state index contributed by atoms with van der Waals surface area (Å²) in [5.74, 6) is -0.567. The van der Waals surface area contributed by atoms with Crippen LogP contribution >= 0.6 is 0 Å². The maximum atomic E-state index is 13.5. The molecule has 0 unspecified atom stereocenters. The van der Waals surface area contributed by atoms with Crippen molar-refractivity contribution in [1.29, 1.82) is 0 Å². The lowest BCUT2D eigenvalue weighted by Gasteiger charge is -2.16. The molecule has 0 aliphatic heterocycles. The Kier molecular flexibility index (Phi) is 4.00. The van der Waals surface area contributed by atoms with Crippen molar-refractivity contribution in [3.63, 3.8) is 0 Å². The Bertz CT molecular complexity index is 1100. The fourth-order valence-corrected chi connectivity index (χ4v) is 3.32. The Morgan fingerprint density at radius 3 is 1.85 bits per heavy atom. The lowest BCUT2D eigenvalue weighted by Crippen LogP contribution is -1.96. The number of halogens is 2. The van der Waals surface area contributed by atoms with Gasteiger partial charge in [-0.3, -0.25) is 4.98 Å². The molecule has 0 atom stereocenters. The highest BCUT2D eigenvalue weighted by Crippen LogP contribution is 2.38. The lowest BCUT2D eigenvalue weighted by molar-refractivity contribution is 0.627. The molecule has 128 valence electrons. The van der Waals surface area contributed by atoms with Crippen LogP contribution in [0.1, 0.15) is 11.3 Å². The van der Waals surface area contributed by atoms with E-state index in [0.717, 1.165) is 44.4 Å². The van der Waals surface area contributed by atoms with Crippen molar-refractivity contribution < 1.29 is 8.78 Å². The molecule has 0 saturated carbocycles. The quantitative estimate of drug-likeness (QED) is 0.406. The van der Waals surface area contributed by atoms with E-state index in [1.807, 2.05) is 13.8 Å². The predicted octanol–water partition coefficient (Wildman–Crippen LogP) is 6.46. The second kappa shape index (κ2) is 6.34. The summed E-state index contributed by atoms with van der Waals surface area (Å²) in [5, 5.41) is 2.12. The molecule has 1 nitrogen and oxygen atoms in total. The molecular formula is C23H17F2N. The topological polar surface area (TPSA) is 12.9 Å². The smallest absolute Gasteiger partial charge is 0.123 e. The molecule has 0 radical (unpaired) electrons. The Morgan fingerprint density at radius 1 is 0.654 bits per heavy atom.